The number of guanidine groups is 1. The standard InChI is InChI=1S/C18H26N4O.H2O4S/c1-2-7-11-19-17(10-6-1)21-18(22-12-14-23-15-13-22)20-16-8-4-3-5-9-16;1-5(2,3)4/h3-5,8-9H,1-2,6-7,10-15H2,(H,19,20,21);(H2,1,2,3,4). The fraction of sp³-hybridized carbons (Fsp3) is 0.556. The summed E-state index contributed by atoms with van der Waals surface area (Å²) in [5, 5.41) is 3.49. The summed E-state index contributed by atoms with van der Waals surface area (Å²) in [6.45, 7) is 4.20. The first kappa shape index (κ1) is 22.3. The minimum absolute atomic E-state index is 0.742. The van der Waals surface area contributed by atoms with Crippen molar-refractivity contribution in [3.8, 4) is 0 Å². The number of rotatable bonds is 1. The highest BCUT2D eigenvalue weighted by molar-refractivity contribution is 7.79. The topological polar surface area (TPSA) is 124 Å². The van der Waals surface area contributed by atoms with E-state index in [-0.39, 0.29) is 0 Å². The lowest BCUT2D eigenvalue weighted by molar-refractivity contribution is 0.0676. The lowest BCUT2D eigenvalue weighted by atomic mass is 10.1. The van der Waals surface area contributed by atoms with Crippen LogP contribution < -0.4 is 5.32 Å². The Labute approximate surface area is 166 Å². The van der Waals surface area contributed by atoms with Gasteiger partial charge in [0.2, 0.25) is 5.96 Å². The normalized spacial score (nSPS) is 20.4. The number of amidine groups is 1. The highest BCUT2D eigenvalue weighted by Crippen LogP contribution is 2.14. The van der Waals surface area contributed by atoms with Crippen LogP contribution in [-0.2, 0) is 15.1 Å². The van der Waals surface area contributed by atoms with E-state index in [1.807, 2.05) is 30.3 Å². The molecule has 0 saturated carbocycles. The molecule has 2 aliphatic heterocycles. The second kappa shape index (κ2) is 11.7. The van der Waals surface area contributed by atoms with Gasteiger partial charge >= 0.3 is 10.4 Å². The molecule has 0 unspecified atom stereocenters. The summed E-state index contributed by atoms with van der Waals surface area (Å²) >= 11 is 0. The number of benzene rings is 1. The Balaban J connectivity index is 0.000000500. The molecule has 0 radical (unpaired) electrons. The monoisotopic (exact) mass is 412 g/mol. The van der Waals surface area contributed by atoms with Crippen molar-refractivity contribution in [2.75, 3.05) is 32.8 Å². The van der Waals surface area contributed by atoms with Gasteiger partial charge in [-0.15, -0.1) is 0 Å². The van der Waals surface area contributed by atoms with Gasteiger partial charge in [-0.05, 0) is 25.0 Å². The summed E-state index contributed by atoms with van der Waals surface area (Å²) in [6.07, 6.45) is 6.05. The summed E-state index contributed by atoms with van der Waals surface area (Å²) in [5.41, 5.74) is 0.948. The van der Waals surface area contributed by atoms with Gasteiger partial charge in [-0.3, -0.25) is 9.11 Å². The molecule has 1 aromatic rings. The van der Waals surface area contributed by atoms with Crippen LogP contribution in [0.3, 0.4) is 0 Å². The van der Waals surface area contributed by atoms with Crippen molar-refractivity contribution >= 4 is 27.9 Å². The van der Waals surface area contributed by atoms with Crippen LogP contribution in [0.5, 0.6) is 0 Å². The Bertz CT molecular complexity index is 728. The summed E-state index contributed by atoms with van der Waals surface area (Å²) in [6, 6.07) is 10.1. The molecule has 3 rings (SSSR count). The Morgan fingerprint density at radius 1 is 1.04 bits per heavy atom. The van der Waals surface area contributed by atoms with Crippen LogP contribution >= 0.6 is 0 Å². The van der Waals surface area contributed by atoms with E-state index in [4.69, 9.17) is 32.2 Å². The van der Waals surface area contributed by atoms with Crippen LogP contribution in [0.2, 0.25) is 0 Å². The van der Waals surface area contributed by atoms with Crippen molar-refractivity contribution in [1.82, 2.24) is 10.2 Å². The van der Waals surface area contributed by atoms with E-state index in [0.29, 0.717) is 0 Å². The Hall–Kier alpha value is -2.01. The molecule has 3 N–H and O–H groups in total. The Kier molecular flexibility index (Phi) is 9.35. The second-order valence-corrected chi connectivity index (χ2v) is 7.34. The van der Waals surface area contributed by atoms with E-state index in [1.165, 1.54) is 25.7 Å². The fourth-order valence-corrected chi connectivity index (χ4v) is 2.86. The molecule has 2 heterocycles. The van der Waals surface area contributed by atoms with Gasteiger partial charge < -0.3 is 15.0 Å². The van der Waals surface area contributed by atoms with Gasteiger partial charge in [-0.1, -0.05) is 31.0 Å². The molecular weight excluding hydrogens is 384 g/mol. The minimum atomic E-state index is -4.67. The molecule has 1 aromatic carbocycles. The minimum Gasteiger partial charge on any atom is -0.378 e. The predicted molar refractivity (Wildman–Crippen MR) is 109 cm³/mol. The molecule has 0 amide bonds. The third-order valence-electron chi connectivity index (χ3n) is 4.18. The average Bonchev–Trinajstić information content (AvgIpc) is 2.63. The predicted octanol–water partition coefficient (Wildman–Crippen LogP) is 2.31. The van der Waals surface area contributed by atoms with E-state index < -0.39 is 10.4 Å². The number of ether oxygens (including phenoxy) is 1. The largest absolute Gasteiger partial charge is 0.394 e. The van der Waals surface area contributed by atoms with Crippen molar-refractivity contribution in [3.05, 3.63) is 30.3 Å². The zero-order valence-corrected chi connectivity index (χ0v) is 16.6. The van der Waals surface area contributed by atoms with E-state index in [0.717, 1.165) is 56.8 Å². The smallest absolute Gasteiger partial charge is 0.378 e. The van der Waals surface area contributed by atoms with Gasteiger partial charge in [0.15, 0.2) is 0 Å². The van der Waals surface area contributed by atoms with Gasteiger partial charge in [0.1, 0.15) is 5.84 Å². The van der Waals surface area contributed by atoms with Crippen LogP contribution in [0, 0.1) is 0 Å². The first-order chi connectivity index (χ1) is 13.4. The lowest BCUT2D eigenvalue weighted by Gasteiger charge is -2.28. The number of nitrogens with zero attached hydrogens (tertiary/aromatic N) is 3. The molecule has 0 aromatic heterocycles. The van der Waals surface area contributed by atoms with Gasteiger partial charge in [0, 0.05) is 26.1 Å². The summed E-state index contributed by atoms with van der Waals surface area (Å²) in [4.78, 5) is 11.9. The van der Waals surface area contributed by atoms with Crippen LogP contribution in [0.25, 0.3) is 0 Å². The molecule has 2 aliphatic rings. The first-order valence-corrected chi connectivity index (χ1v) is 10.8. The second-order valence-electron chi connectivity index (χ2n) is 6.44. The van der Waals surface area contributed by atoms with Crippen molar-refractivity contribution < 1.29 is 22.3 Å². The SMILES string of the molecule is O=S(=O)(O)O.c1ccc(N=C(N=C2CCCCCCN2)N2CCOCC2)cc1. The van der Waals surface area contributed by atoms with E-state index >= 15 is 0 Å². The summed E-state index contributed by atoms with van der Waals surface area (Å²) in [7, 11) is -4.67. The molecule has 28 heavy (non-hydrogen) atoms. The molecule has 10 heteroatoms. The maximum Gasteiger partial charge on any atom is 0.394 e. The molecule has 2 fully saturated rings. The van der Waals surface area contributed by atoms with Crippen LogP contribution in [-0.4, -0.2) is 67.1 Å². The summed E-state index contributed by atoms with van der Waals surface area (Å²) < 4.78 is 37.0. The zero-order valence-electron chi connectivity index (χ0n) is 15.8. The van der Waals surface area contributed by atoms with Gasteiger partial charge in [0.25, 0.3) is 0 Å². The van der Waals surface area contributed by atoms with Crippen molar-refractivity contribution in [2.45, 2.75) is 32.1 Å². The van der Waals surface area contributed by atoms with Crippen molar-refractivity contribution in [1.29, 1.82) is 0 Å². The first-order valence-electron chi connectivity index (χ1n) is 9.39. The van der Waals surface area contributed by atoms with Crippen LogP contribution in [0.1, 0.15) is 32.1 Å². The lowest BCUT2D eigenvalue weighted by Crippen LogP contribution is -2.41. The molecule has 0 aliphatic carbocycles. The third kappa shape index (κ3) is 9.79. The zero-order chi connectivity index (χ0) is 20.2. The van der Waals surface area contributed by atoms with E-state index in [1.54, 1.807) is 0 Å². The van der Waals surface area contributed by atoms with Crippen molar-refractivity contribution in [3.63, 3.8) is 0 Å². The van der Waals surface area contributed by atoms with E-state index in [2.05, 4.69) is 10.2 Å². The van der Waals surface area contributed by atoms with Gasteiger partial charge in [0.05, 0.1) is 18.9 Å². The van der Waals surface area contributed by atoms with Gasteiger partial charge in [-0.2, -0.15) is 8.42 Å². The molecule has 156 valence electrons. The number of para-hydroxylation sites is 1. The van der Waals surface area contributed by atoms with Crippen molar-refractivity contribution in [2.24, 2.45) is 9.98 Å². The molecule has 0 atom stereocenters. The van der Waals surface area contributed by atoms with Crippen LogP contribution in [0.4, 0.5) is 5.69 Å². The highest BCUT2D eigenvalue weighted by atomic mass is 32.3. The summed E-state index contributed by atoms with van der Waals surface area (Å²) in [5.74, 6) is 1.88. The third-order valence-corrected chi connectivity index (χ3v) is 4.18. The molecule has 0 bridgehead atoms. The van der Waals surface area contributed by atoms with Gasteiger partial charge in [-0.25, -0.2) is 9.98 Å². The number of hydrogen-bond donors (Lipinski definition) is 3. The Morgan fingerprint density at radius 2 is 1.68 bits per heavy atom. The molecule has 0 spiro atoms. The average molecular weight is 413 g/mol. The highest BCUT2D eigenvalue weighted by Gasteiger charge is 2.16. The fourth-order valence-electron chi connectivity index (χ4n) is 2.86. The quantitative estimate of drug-likeness (QED) is 0.367. The Morgan fingerprint density at radius 3 is 2.36 bits per heavy atom. The van der Waals surface area contributed by atoms with E-state index in [9.17, 15) is 0 Å². The van der Waals surface area contributed by atoms with Crippen LogP contribution in [0.15, 0.2) is 40.3 Å². The molecule has 2 saturated heterocycles. The molecular formula is C18H28N4O5S. The number of hydrogen-bond acceptors (Lipinski definition) is 4. The maximum atomic E-state index is 8.74. The number of nitrogens with one attached hydrogen (secondary N) is 1. The maximum absolute atomic E-state index is 8.74. The number of aliphatic imine (C=N–C) groups is 2. The molecule has 9 nitrogen and oxygen atoms in total. The number of morpholine rings is 1.